The summed E-state index contributed by atoms with van der Waals surface area (Å²) in [6.07, 6.45) is 1.39. The number of halogens is 1. The van der Waals surface area contributed by atoms with Crippen molar-refractivity contribution in [3.63, 3.8) is 0 Å². The summed E-state index contributed by atoms with van der Waals surface area (Å²) in [5.41, 5.74) is 1.60. The molecule has 3 rings (SSSR count). The molecule has 0 aliphatic heterocycles. The van der Waals surface area contributed by atoms with E-state index in [0.717, 1.165) is 0 Å². The van der Waals surface area contributed by atoms with E-state index in [-0.39, 0.29) is 17.4 Å². The van der Waals surface area contributed by atoms with Gasteiger partial charge in [-0.25, -0.2) is 4.39 Å². The highest BCUT2D eigenvalue weighted by molar-refractivity contribution is 6.14. The van der Waals surface area contributed by atoms with Crippen molar-refractivity contribution in [3.05, 3.63) is 60.0 Å². The van der Waals surface area contributed by atoms with Gasteiger partial charge in [0.25, 0.3) is 5.91 Å². The Kier molecular flexibility index (Phi) is 4.53. The molecule has 2 amide bonds. The predicted octanol–water partition coefficient (Wildman–Crippen LogP) is 3.65. The van der Waals surface area contributed by atoms with Crippen molar-refractivity contribution in [3.8, 4) is 0 Å². The molecule has 7 heteroatoms. The summed E-state index contributed by atoms with van der Waals surface area (Å²) in [5, 5.41) is 5.82. The van der Waals surface area contributed by atoms with Crippen LogP contribution in [0.2, 0.25) is 0 Å². The van der Waals surface area contributed by atoms with Crippen LogP contribution in [0.25, 0.3) is 10.9 Å². The van der Waals surface area contributed by atoms with Crippen LogP contribution in [0, 0.1) is 5.82 Å². The molecule has 2 N–H and O–H groups in total. The van der Waals surface area contributed by atoms with Gasteiger partial charge in [0.2, 0.25) is 11.8 Å². The van der Waals surface area contributed by atoms with E-state index in [4.69, 9.17) is 0 Å². The Balaban J connectivity index is 1.96. The van der Waals surface area contributed by atoms with Crippen LogP contribution in [0.3, 0.4) is 0 Å². The fourth-order valence-corrected chi connectivity index (χ4v) is 2.72. The number of nitrogens with one attached hydrogen (secondary N) is 2. The van der Waals surface area contributed by atoms with Crippen LogP contribution in [0.5, 0.6) is 0 Å². The first-order valence-corrected chi connectivity index (χ1v) is 7.85. The van der Waals surface area contributed by atoms with Gasteiger partial charge in [0, 0.05) is 36.8 Å². The van der Waals surface area contributed by atoms with Crippen LogP contribution < -0.4 is 10.6 Å². The average Bonchev–Trinajstić information content (AvgIpc) is 2.93. The van der Waals surface area contributed by atoms with Gasteiger partial charge < -0.3 is 10.6 Å². The SMILES string of the molecule is CC(=O)Nc1cccc(NC(=O)c2cn(C(C)=O)c3cc(F)ccc23)c1. The Morgan fingerprint density at radius 3 is 2.31 bits per heavy atom. The maximum Gasteiger partial charge on any atom is 0.257 e. The van der Waals surface area contributed by atoms with Gasteiger partial charge in [-0.15, -0.1) is 0 Å². The zero-order chi connectivity index (χ0) is 18.8. The monoisotopic (exact) mass is 353 g/mol. The number of hydrogen-bond acceptors (Lipinski definition) is 3. The molecule has 26 heavy (non-hydrogen) atoms. The molecule has 0 aliphatic carbocycles. The van der Waals surface area contributed by atoms with E-state index in [9.17, 15) is 18.8 Å². The minimum atomic E-state index is -0.493. The second-order valence-electron chi connectivity index (χ2n) is 5.81. The molecule has 6 nitrogen and oxygen atoms in total. The lowest BCUT2D eigenvalue weighted by molar-refractivity contribution is -0.114. The first-order chi connectivity index (χ1) is 12.3. The minimum Gasteiger partial charge on any atom is -0.326 e. The summed E-state index contributed by atoms with van der Waals surface area (Å²) in [7, 11) is 0. The zero-order valence-corrected chi connectivity index (χ0v) is 14.2. The maximum atomic E-state index is 13.5. The number of nitrogens with zero attached hydrogens (tertiary/aromatic N) is 1. The predicted molar refractivity (Wildman–Crippen MR) is 96.9 cm³/mol. The molecular formula is C19H16FN3O3. The van der Waals surface area contributed by atoms with Crippen LogP contribution in [-0.2, 0) is 4.79 Å². The minimum absolute atomic E-state index is 0.222. The third-order valence-electron chi connectivity index (χ3n) is 3.79. The lowest BCUT2D eigenvalue weighted by Gasteiger charge is -2.07. The van der Waals surface area contributed by atoms with E-state index in [2.05, 4.69) is 10.6 Å². The standard InChI is InChI=1S/C19H16FN3O3/c1-11(24)21-14-4-3-5-15(9-14)22-19(26)17-10-23(12(2)25)18-8-13(20)6-7-16(17)18/h3-10H,1-2H3,(H,21,24)(H,22,26). The molecule has 0 fully saturated rings. The van der Waals surface area contributed by atoms with Crippen LogP contribution in [0.15, 0.2) is 48.7 Å². The third kappa shape index (κ3) is 3.46. The number of amides is 2. The topological polar surface area (TPSA) is 80.2 Å². The highest BCUT2D eigenvalue weighted by Crippen LogP contribution is 2.24. The zero-order valence-electron chi connectivity index (χ0n) is 14.2. The van der Waals surface area contributed by atoms with E-state index in [1.165, 1.54) is 42.8 Å². The molecule has 0 atom stereocenters. The first kappa shape index (κ1) is 17.3. The highest BCUT2D eigenvalue weighted by atomic mass is 19.1. The summed E-state index contributed by atoms with van der Waals surface area (Å²) >= 11 is 0. The van der Waals surface area contributed by atoms with Crippen LogP contribution in [-0.4, -0.2) is 22.3 Å². The van der Waals surface area contributed by atoms with Gasteiger partial charge >= 0.3 is 0 Å². The van der Waals surface area contributed by atoms with E-state index in [0.29, 0.717) is 22.3 Å². The third-order valence-corrected chi connectivity index (χ3v) is 3.79. The molecule has 3 aromatic rings. The lowest BCUT2D eigenvalue weighted by Crippen LogP contribution is -2.12. The van der Waals surface area contributed by atoms with E-state index in [1.54, 1.807) is 24.3 Å². The Labute approximate surface area is 148 Å². The highest BCUT2D eigenvalue weighted by Gasteiger charge is 2.17. The summed E-state index contributed by atoms with van der Waals surface area (Å²) in [6, 6.07) is 10.6. The number of fused-ring (bicyclic) bond motifs is 1. The molecule has 0 saturated carbocycles. The molecule has 1 aromatic heterocycles. The van der Waals surface area contributed by atoms with Crippen molar-refractivity contribution in [2.75, 3.05) is 10.6 Å². The number of anilines is 2. The summed E-state index contributed by atoms with van der Waals surface area (Å²) < 4.78 is 14.8. The normalized spacial score (nSPS) is 10.6. The Morgan fingerprint density at radius 1 is 0.962 bits per heavy atom. The summed E-state index contributed by atoms with van der Waals surface area (Å²) in [4.78, 5) is 35.6. The number of carbonyl (C=O) groups is 3. The molecule has 0 unspecified atom stereocenters. The Bertz CT molecular complexity index is 1040. The summed E-state index contributed by atoms with van der Waals surface area (Å²) in [6.45, 7) is 2.73. The lowest BCUT2D eigenvalue weighted by atomic mass is 10.1. The quantitative estimate of drug-likeness (QED) is 0.754. The van der Waals surface area contributed by atoms with Crippen molar-refractivity contribution in [2.45, 2.75) is 13.8 Å². The van der Waals surface area contributed by atoms with Crippen molar-refractivity contribution in [1.82, 2.24) is 4.57 Å². The molecule has 0 spiro atoms. The number of hydrogen-bond donors (Lipinski definition) is 2. The van der Waals surface area contributed by atoms with E-state index < -0.39 is 11.7 Å². The number of rotatable bonds is 3. The van der Waals surface area contributed by atoms with Gasteiger partial charge in [-0.05, 0) is 36.4 Å². The Hall–Kier alpha value is -3.48. The number of carbonyl (C=O) groups excluding carboxylic acids is 3. The van der Waals surface area contributed by atoms with Crippen molar-refractivity contribution in [2.24, 2.45) is 0 Å². The average molecular weight is 353 g/mol. The molecule has 0 aliphatic rings. The van der Waals surface area contributed by atoms with E-state index >= 15 is 0 Å². The van der Waals surface area contributed by atoms with Gasteiger partial charge in [0.15, 0.2) is 0 Å². The van der Waals surface area contributed by atoms with Crippen LogP contribution in [0.1, 0.15) is 29.0 Å². The fourth-order valence-electron chi connectivity index (χ4n) is 2.72. The van der Waals surface area contributed by atoms with Crippen molar-refractivity contribution < 1.29 is 18.8 Å². The van der Waals surface area contributed by atoms with Crippen LogP contribution >= 0.6 is 0 Å². The van der Waals surface area contributed by atoms with Crippen LogP contribution in [0.4, 0.5) is 15.8 Å². The van der Waals surface area contributed by atoms with Gasteiger partial charge in [0.1, 0.15) is 5.82 Å². The summed E-state index contributed by atoms with van der Waals surface area (Å²) in [5.74, 6) is -1.48. The molecule has 0 bridgehead atoms. The van der Waals surface area contributed by atoms with Gasteiger partial charge in [-0.1, -0.05) is 6.07 Å². The van der Waals surface area contributed by atoms with Crippen molar-refractivity contribution >= 4 is 40.0 Å². The molecule has 132 valence electrons. The molecule has 0 saturated heterocycles. The van der Waals surface area contributed by atoms with Crippen molar-refractivity contribution in [1.29, 1.82) is 0 Å². The number of aromatic nitrogens is 1. The molecule has 0 radical (unpaired) electrons. The number of benzene rings is 2. The van der Waals surface area contributed by atoms with Gasteiger partial charge in [0.05, 0.1) is 11.1 Å². The van der Waals surface area contributed by atoms with E-state index in [1.807, 2.05) is 0 Å². The van der Waals surface area contributed by atoms with Gasteiger partial charge in [-0.3, -0.25) is 19.0 Å². The first-order valence-electron chi connectivity index (χ1n) is 7.85. The second kappa shape index (κ2) is 6.79. The smallest absolute Gasteiger partial charge is 0.257 e. The molecule has 1 heterocycles. The molecule has 2 aromatic carbocycles. The van der Waals surface area contributed by atoms with Gasteiger partial charge in [-0.2, -0.15) is 0 Å². The molecular weight excluding hydrogens is 337 g/mol. The maximum absolute atomic E-state index is 13.5. The largest absolute Gasteiger partial charge is 0.326 e. The second-order valence-corrected chi connectivity index (χ2v) is 5.81. The Morgan fingerprint density at radius 2 is 1.65 bits per heavy atom. The fraction of sp³-hybridized carbons (Fsp3) is 0.105.